The van der Waals surface area contributed by atoms with Crippen LogP contribution in [-0.2, 0) is 18.9 Å². The van der Waals surface area contributed by atoms with E-state index < -0.39 is 0 Å². The van der Waals surface area contributed by atoms with E-state index in [2.05, 4.69) is 0 Å². The van der Waals surface area contributed by atoms with E-state index in [1.807, 2.05) is 6.92 Å². The van der Waals surface area contributed by atoms with Crippen molar-refractivity contribution < 1.29 is 18.9 Å². The third-order valence-corrected chi connectivity index (χ3v) is 1.40. The van der Waals surface area contributed by atoms with E-state index in [9.17, 15) is 0 Å². The molecule has 0 aromatic heterocycles. The Balaban J connectivity index is 3.07. The van der Waals surface area contributed by atoms with Crippen LogP contribution in [0, 0.1) is 0 Å². The molecule has 0 saturated heterocycles. The fourth-order valence-electron chi connectivity index (χ4n) is 0.761. The first kappa shape index (κ1) is 13.8. The molecule has 0 rings (SSSR count). The molecule has 0 saturated carbocycles. The number of ether oxygens (including phenoxy) is 4. The second-order valence-electron chi connectivity index (χ2n) is 2.46. The Morgan fingerprint density at radius 1 is 0.857 bits per heavy atom. The van der Waals surface area contributed by atoms with Crippen LogP contribution in [0.5, 0.6) is 0 Å². The molecule has 0 radical (unpaired) electrons. The maximum atomic E-state index is 5.23. The van der Waals surface area contributed by atoms with Crippen LogP contribution in [0.25, 0.3) is 0 Å². The van der Waals surface area contributed by atoms with Crippen molar-refractivity contribution in [3.8, 4) is 0 Å². The van der Waals surface area contributed by atoms with Crippen LogP contribution < -0.4 is 11.5 Å². The highest BCUT2D eigenvalue weighted by Gasteiger charge is 2.00. The van der Waals surface area contributed by atoms with E-state index >= 15 is 0 Å². The first-order valence-corrected chi connectivity index (χ1v) is 4.60. The standard InChI is InChI=1S/C8H20N2O4/c1-8(13-4-2-11-6-9)14-5-3-12-7-10/h8H,2-7,9-10H2,1H3. The van der Waals surface area contributed by atoms with Crippen LogP contribution in [0.2, 0.25) is 0 Å². The summed E-state index contributed by atoms with van der Waals surface area (Å²) in [5.41, 5.74) is 10.2. The number of nitrogens with two attached hydrogens (primary N) is 2. The Hall–Kier alpha value is -0.240. The van der Waals surface area contributed by atoms with E-state index in [1.54, 1.807) is 0 Å². The molecule has 0 bridgehead atoms. The maximum absolute atomic E-state index is 5.23. The smallest absolute Gasteiger partial charge is 0.155 e. The maximum Gasteiger partial charge on any atom is 0.155 e. The summed E-state index contributed by atoms with van der Waals surface area (Å²) < 4.78 is 20.2. The Morgan fingerprint density at radius 3 is 1.64 bits per heavy atom. The molecule has 0 fully saturated rings. The fraction of sp³-hybridized carbons (Fsp3) is 1.00. The van der Waals surface area contributed by atoms with Crippen LogP contribution in [0.15, 0.2) is 0 Å². The van der Waals surface area contributed by atoms with Crippen molar-refractivity contribution in [2.24, 2.45) is 11.5 Å². The van der Waals surface area contributed by atoms with E-state index in [-0.39, 0.29) is 19.8 Å². The van der Waals surface area contributed by atoms with Crippen molar-refractivity contribution >= 4 is 0 Å². The van der Waals surface area contributed by atoms with Crippen molar-refractivity contribution in [1.29, 1.82) is 0 Å². The molecule has 6 heteroatoms. The highest BCUT2D eigenvalue weighted by Crippen LogP contribution is 1.93. The minimum absolute atomic E-state index is 0.211. The van der Waals surface area contributed by atoms with Gasteiger partial charge in [0.2, 0.25) is 0 Å². The van der Waals surface area contributed by atoms with Crippen LogP contribution in [0.1, 0.15) is 6.92 Å². The third kappa shape index (κ3) is 9.85. The summed E-state index contributed by atoms with van der Waals surface area (Å²) in [6.45, 7) is 4.12. The molecule has 6 nitrogen and oxygen atoms in total. The monoisotopic (exact) mass is 208 g/mol. The SMILES string of the molecule is CC(OCCOCN)OCCOCN. The van der Waals surface area contributed by atoms with Gasteiger partial charge in [-0.15, -0.1) is 0 Å². The largest absolute Gasteiger partial charge is 0.364 e. The molecule has 0 aliphatic carbocycles. The predicted molar refractivity (Wildman–Crippen MR) is 51.4 cm³/mol. The van der Waals surface area contributed by atoms with Gasteiger partial charge in [-0.3, -0.25) is 0 Å². The average molecular weight is 208 g/mol. The molecule has 0 atom stereocenters. The second-order valence-corrected chi connectivity index (χ2v) is 2.46. The van der Waals surface area contributed by atoms with Crippen molar-refractivity contribution in [3.05, 3.63) is 0 Å². The Labute approximate surface area is 84.4 Å². The zero-order chi connectivity index (χ0) is 10.6. The van der Waals surface area contributed by atoms with Crippen molar-refractivity contribution in [2.45, 2.75) is 13.2 Å². The van der Waals surface area contributed by atoms with Crippen LogP contribution in [0.3, 0.4) is 0 Å². The van der Waals surface area contributed by atoms with Crippen LogP contribution >= 0.6 is 0 Å². The van der Waals surface area contributed by atoms with Gasteiger partial charge in [0.15, 0.2) is 6.29 Å². The lowest BCUT2D eigenvalue weighted by molar-refractivity contribution is -0.146. The highest BCUT2D eigenvalue weighted by atomic mass is 16.7. The number of hydrogen-bond acceptors (Lipinski definition) is 6. The number of rotatable bonds is 10. The van der Waals surface area contributed by atoms with E-state index in [4.69, 9.17) is 30.4 Å². The van der Waals surface area contributed by atoms with Crippen molar-refractivity contribution in [1.82, 2.24) is 0 Å². The molecule has 0 aliphatic rings. The molecule has 0 spiro atoms. The van der Waals surface area contributed by atoms with Gasteiger partial charge in [-0.2, -0.15) is 0 Å². The van der Waals surface area contributed by atoms with Gasteiger partial charge in [-0.05, 0) is 6.92 Å². The fourth-order valence-corrected chi connectivity index (χ4v) is 0.761. The molecule has 14 heavy (non-hydrogen) atoms. The zero-order valence-corrected chi connectivity index (χ0v) is 8.61. The minimum atomic E-state index is -0.266. The second kappa shape index (κ2) is 10.8. The minimum Gasteiger partial charge on any atom is -0.364 e. The summed E-state index contributed by atoms with van der Waals surface area (Å²) in [7, 11) is 0. The summed E-state index contributed by atoms with van der Waals surface area (Å²) in [6, 6.07) is 0. The van der Waals surface area contributed by atoms with Crippen LogP contribution in [-0.4, -0.2) is 46.2 Å². The van der Waals surface area contributed by atoms with Gasteiger partial charge >= 0.3 is 0 Å². The van der Waals surface area contributed by atoms with E-state index in [0.29, 0.717) is 26.4 Å². The quantitative estimate of drug-likeness (QED) is 0.362. The molecular weight excluding hydrogens is 188 g/mol. The molecule has 0 aromatic carbocycles. The molecule has 86 valence electrons. The number of hydrogen-bond donors (Lipinski definition) is 2. The van der Waals surface area contributed by atoms with Crippen molar-refractivity contribution in [3.63, 3.8) is 0 Å². The van der Waals surface area contributed by atoms with E-state index in [1.165, 1.54) is 0 Å². The Bertz CT molecular complexity index is 104. The third-order valence-electron chi connectivity index (χ3n) is 1.40. The van der Waals surface area contributed by atoms with Crippen LogP contribution in [0.4, 0.5) is 0 Å². The van der Waals surface area contributed by atoms with Gasteiger partial charge in [0.25, 0.3) is 0 Å². The van der Waals surface area contributed by atoms with Crippen molar-refractivity contribution in [2.75, 3.05) is 39.9 Å². The topological polar surface area (TPSA) is 89.0 Å². The Kier molecular flexibility index (Phi) is 10.7. The molecule has 0 heterocycles. The van der Waals surface area contributed by atoms with Gasteiger partial charge in [0.05, 0.1) is 39.9 Å². The van der Waals surface area contributed by atoms with Gasteiger partial charge in [-0.25, -0.2) is 0 Å². The summed E-state index contributed by atoms with van der Waals surface area (Å²) in [4.78, 5) is 0. The molecular formula is C8H20N2O4. The Morgan fingerprint density at radius 2 is 1.29 bits per heavy atom. The normalized spacial score (nSPS) is 11.1. The lowest BCUT2D eigenvalue weighted by Crippen LogP contribution is -2.20. The summed E-state index contributed by atoms with van der Waals surface area (Å²) in [5.74, 6) is 0. The molecule has 4 N–H and O–H groups in total. The summed E-state index contributed by atoms with van der Waals surface area (Å²) in [6.07, 6.45) is -0.266. The van der Waals surface area contributed by atoms with Gasteiger partial charge in [-0.1, -0.05) is 0 Å². The van der Waals surface area contributed by atoms with E-state index in [0.717, 1.165) is 0 Å². The summed E-state index contributed by atoms with van der Waals surface area (Å²) >= 11 is 0. The molecule has 0 amide bonds. The predicted octanol–water partition coefficient (Wildman–Crippen LogP) is -0.769. The lowest BCUT2D eigenvalue weighted by Gasteiger charge is -2.13. The van der Waals surface area contributed by atoms with Gasteiger partial charge in [0, 0.05) is 0 Å². The summed E-state index contributed by atoms with van der Waals surface area (Å²) in [5, 5.41) is 0. The zero-order valence-electron chi connectivity index (χ0n) is 8.61. The lowest BCUT2D eigenvalue weighted by atomic mass is 10.7. The first-order chi connectivity index (χ1) is 6.81. The molecule has 0 aliphatic heterocycles. The first-order valence-electron chi connectivity index (χ1n) is 4.60. The molecule has 0 unspecified atom stereocenters. The van der Waals surface area contributed by atoms with Gasteiger partial charge in [0.1, 0.15) is 0 Å². The van der Waals surface area contributed by atoms with Gasteiger partial charge < -0.3 is 30.4 Å². The average Bonchev–Trinajstić information content (AvgIpc) is 2.19. The molecule has 0 aromatic rings. The highest BCUT2D eigenvalue weighted by molar-refractivity contribution is 4.35.